The SMILES string of the molecule is CCCSCc1noc(CNC(C)C)n1. The molecule has 4 nitrogen and oxygen atoms in total. The number of hydrogen-bond acceptors (Lipinski definition) is 5. The van der Waals surface area contributed by atoms with Crippen LogP contribution >= 0.6 is 11.8 Å². The third-order valence-corrected chi connectivity index (χ3v) is 2.91. The molecule has 1 aromatic heterocycles. The van der Waals surface area contributed by atoms with E-state index in [2.05, 4.69) is 36.2 Å². The molecule has 86 valence electrons. The molecule has 0 aromatic carbocycles. The van der Waals surface area contributed by atoms with Crippen molar-refractivity contribution in [2.45, 2.75) is 45.5 Å². The lowest BCUT2D eigenvalue weighted by Gasteiger charge is -2.02. The van der Waals surface area contributed by atoms with Gasteiger partial charge in [-0.15, -0.1) is 0 Å². The molecule has 0 saturated heterocycles. The van der Waals surface area contributed by atoms with Crippen molar-refractivity contribution < 1.29 is 4.52 Å². The van der Waals surface area contributed by atoms with Gasteiger partial charge in [-0.05, 0) is 12.2 Å². The number of thioether (sulfide) groups is 1. The van der Waals surface area contributed by atoms with Crippen LogP contribution in [0.2, 0.25) is 0 Å². The summed E-state index contributed by atoms with van der Waals surface area (Å²) < 4.78 is 5.11. The van der Waals surface area contributed by atoms with Gasteiger partial charge in [0.25, 0.3) is 0 Å². The molecule has 15 heavy (non-hydrogen) atoms. The first-order valence-corrected chi connectivity index (χ1v) is 6.50. The van der Waals surface area contributed by atoms with Crippen LogP contribution in [0.4, 0.5) is 0 Å². The summed E-state index contributed by atoms with van der Waals surface area (Å²) in [7, 11) is 0. The Hall–Kier alpha value is -0.550. The van der Waals surface area contributed by atoms with Gasteiger partial charge < -0.3 is 9.84 Å². The first-order valence-electron chi connectivity index (χ1n) is 5.35. The van der Waals surface area contributed by atoms with Crippen molar-refractivity contribution in [2.75, 3.05) is 5.75 Å². The van der Waals surface area contributed by atoms with Crippen LogP contribution in [0.15, 0.2) is 4.52 Å². The van der Waals surface area contributed by atoms with Gasteiger partial charge in [-0.3, -0.25) is 0 Å². The van der Waals surface area contributed by atoms with E-state index in [1.165, 1.54) is 6.42 Å². The Morgan fingerprint density at radius 2 is 2.27 bits per heavy atom. The molecular formula is C10H19N3OS. The van der Waals surface area contributed by atoms with E-state index < -0.39 is 0 Å². The van der Waals surface area contributed by atoms with E-state index in [0.717, 1.165) is 17.3 Å². The summed E-state index contributed by atoms with van der Waals surface area (Å²) in [5.41, 5.74) is 0. The lowest BCUT2D eigenvalue weighted by molar-refractivity contribution is 0.358. The first-order chi connectivity index (χ1) is 7.22. The molecule has 5 heteroatoms. The van der Waals surface area contributed by atoms with E-state index in [1.807, 2.05) is 11.8 Å². The molecule has 0 saturated carbocycles. The zero-order chi connectivity index (χ0) is 11.1. The molecule has 0 unspecified atom stereocenters. The predicted octanol–water partition coefficient (Wildman–Crippen LogP) is 2.21. The molecule has 0 aliphatic carbocycles. The van der Waals surface area contributed by atoms with Crippen LogP contribution in [-0.4, -0.2) is 21.9 Å². The van der Waals surface area contributed by atoms with Gasteiger partial charge >= 0.3 is 0 Å². The highest BCUT2D eigenvalue weighted by Gasteiger charge is 2.05. The molecule has 1 heterocycles. The van der Waals surface area contributed by atoms with E-state index in [0.29, 0.717) is 18.5 Å². The Morgan fingerprint density at radius 1 is 1.47 bits per heavy atom. The van der Waals surface area contributed by atoms with Crippen molar-refractivity contribution in [3.8, 4) is 0 Å². The summed E-state index contributed by atoms with van der Waals surface area (Å²) in [6.45, 7) is 7.01. The average molecular weight is 229 g/mol. The molecule has 0 bridgehead atoms. The Morgan fingerprint density at radius 3 is 2.93 bits per heavy atom. The fourth-order valence-corrected chi connectivity index (χ4v) is 1.75. The van der Waals surface area contributed by atoms with Crippen LogP contribution in [0, 0.1) is 0 Å². The van der Waals surface area contributed by atoms with Crippen LogP contribution in [0.3, 0.4) is 0 Å². The van der Waals surface area contributed by atoms with Crippen molar-refractivity contribution in [3.63, 3.8) is 0 Å². The zero-order valence-electron chi connectivity index (χ0n) is 9.62. The highest BCUT2D eigenvalue weighted by atomic mass is 32.2. The fourth-order valence-electron chi connectivity index (χ4n) is 1.02. The van der Waals surface area contributed by atoms with E-state index in [-0.39, 0.29) is 0 Å². The van der Waals surface area contributed by atoms with Crippen molar-refractivity contribution >= 4 is 11.8 Å². The van der Waals surface area contributed by atoms with Gasteiger partial charge in [0.15, 0.2) is 5.82 Å². The summed E-state index contributed by atoms with van der Waals surface area (Å²) in [5, 5.41) is 7.16. The maximum absolute atomic E-state index is 5.11. The lowest BCUT2D eigenvalue weighted by Crippen LogP contribution is -2.21. The van der Waals surface area contributed by atoms with Crippen molar-refractivity contribution in [1.29, 1.82) is 0 Å². The maximum Gasteiger partial charge on any atom is 0.240 e. The number of nitrogens with zero attached hydrogens (tertiary/aromatic N) is 2. The molecule has 0 spiro atoms. The minimum atomic E-state index is 0.440. The third kappa shape index (κ3) is 5.18. The molecular weight excluding hydrogens is 210 g/mol. The summed E-state index contributed by atoms with van der Waals surface area (Å²) in [5.74, 6) is 3.47. The quantitative estimate of drug-likeness (QED) is 0.726. The van der Waals surface area contributed by atoms with E-state index in [1.54, 1.807) is 0 Å². The second-order valence-electron chi connectivity index (χ2n) is 3.69. The molecule has 0 amide bonds. The zero-order valence-corrected chi connectivity index (χ0v) is 10.4. The van der Waals surface area contributed by atoms with Crippen molar-refractivity contribution in [1.82, 2.24) is 15.5 Å². The Balaban J connectivity index is 2.29. The third-order valence-electron chi connectivity index (χ3n) is 1.75. The van der Waals surface area contributed by atoms with Crippen LogP contribution in [0.25, 0.3) is 0 Å². The highest BCUT2D eigenvalue weighted by molar-refractivity contribution is 7.98. The molecule has 0 aliphatic rings. The molecule has 0 atom stereocenters. The van der Waals surface area contributed by atoms with Gasteiger partial charge in [-0.2, -0.15) is 16.7 Å². The summed E-state index contributed by atoms with van der Waals surface area (Å²) in [6, 6.07) is 0.440. The van der Waals surface area contributed by atoms with Crippen molar-refractivity contribution in [2.24, 2.45) is 0 Å². The number of nitrogens with one attached hydrogen (secondary N) is 1. The molecule has 0 radical (unpaired) electrons. The van der Waals surface area contributed by atoms with Gasteiger partial charge in [0.2, 0.25) is 5.89 Å². The van der Waals surface area contributed by atoms with Crippen molar-refractivity contribution in [3.05, 3.63) is 11.7 Å². The van der Waals surface area contributed by atoms with Gasteiger partial charge in [0.1, 0.15) is 0 Å². The summed E-state index contributed by atoms with van der Waals surface area (Å²) in [6.07, 6.45) is 1.18. The van der Waals surface area contributed by atoms with Crippen LogP contribution < -0.4 is 5.32 Å². The average Bonchev–Trinajstić information content (AvgIpc) is 2.63. The summed E-state index contributed by atoms with van der Waals surface area (Å²) >= 11 is 1.84. The molecule has 0 fully saturated rings. The van der Waals surface area contributed by atoms with Crippen LogP contribution in [-0.2, 0) is 12.3 Å². The highest BCUT2D eigenvalue weighted by Crippen LogP contribution is 2.10. The van der Waals surface area contributed by atoms with E-state index in [9.17, 15) is 0 Å². The second-order valence-corrected chi connectivity index (χ2v) is 4.80. The van der Waals surface area contributed by atoms with E-state index in [4.69, 9.17) is 4.52 Å². The van der Waals surface area contributed by atoms with Gasteiger partial charge in [-0.25, -0.2) is 0 Å². The standard InChI is InChI=1S/C10H19N3OS/c1-4-5-15-7-9-12-10(14-13-9)6-11-8(2)3/h8,11H,4-7H2,1-3H3. The smallest absolute Gasteiger partial charge is 0.240 e. The molecule has 1 N–H and O–H groups in total. The number of rotatable bonds is 7. The summed E-state index contributed by atoms with van der Waals surface area (Å²) in [4.78, 5) is 4.29. The maximum atomic E-state index is 5.11. The minimum Gasteiger partial charge on any atom is -0.338 e. The number of hydrogen-bond donors (Lipinski definition) is 1. The fraction of sp³-hybridized carbons (Fsp3) is 0.800. The predicted molar refractivity (Wildman–Crippen MR) is 62.7 cm³/mol. The Bertz CT molecular complexity index is 275. The normalized spacial score (nSPS) is 11.2. The Kier molecular flexibility index (Phi) is 5.71. The van der Waals surface area contributed by atoms with Gasteiger partial charge in [0, 0.05) is 6.04 Å². The molecule has 0 aliphatic heterocycles. The van der Waals surface area contributed by atoms with Crippen LogP contribution in [0.1, 0.15) is 38.9 Å². The van der Waals surface area contributed by atoms with Gasteiger partial charge in [-0.1, -0.05) is 25.9 Å². The van der Waals surface area contributed by atoms with E-state index >= 15 is 0 Å². The second kappa shape index (κ2) is 6.85. The monoisotopic (exact) mass is 229 g/mol. The molecule has 1 aromatic rings. The van der Waals surface area contributed by atoms with Gasteiger partial charge in [0.05, 0.1) is 12.3 Å². The minimum absolute atomic E-state index is 0.440. The number of aromatic nitrogens is 2. The lowest BCUT2D eigenvalue weighted by atomic mass is 10.4. The Labute approximate surface area is 95.2 Å². The first kappa shape index (κ1) is 12.5. The molecule has 1 rings (SSSR count). The topological polar surface area (TPSA) is 51.0 Å². The van der Waals surface area contributed by atoms with Crippen LogP contribution in [0.5, 0.6) is 0 Å². The largest absolute Gasteiger partial charge is 0.338 e.